The van der Waals surface area contributed by atoms with Crippen LogP contribution in [0.5, 0.6) is 0 Å². The zero-order valence-electron chi connectivity index (χ0n) is 13.4. The summed E-state index contributed by atoms with van der Waals surface area (Å²) < 4.78 is 13.8. The number of anilines is 2. The Morgan fingerprint density at radius 3 is 2.61 bits per heavy atom. The minimum absolute atomic E-state index is 0.0281. The summed E-state index contributed by atoms with van der Waals surface area (Å²) in [6, 6.07) is 3.38. The molecule has 1 aromatic rings. The van der Waals surface area contributed by atoms with Crippen LogP contribution in [0.4, 0.5) is 15.8 Å². The van der Waals surface area contributed by atoms with Gasteiger partial charge in [-0.15, -0.1) is 0 Å². The van der Waals surface area contributed by atoms with Gasteiger partial charge in [-0.05, 0) is 30.5 Å². The van der Waals surface area contributed by atoms with Gasteiger partial charge in [-0.25, -0.2) is 4.39 Å². The van der Waals surface area contributed by atoms with E-state index >= 15 is 0 Å². The summed E-state index contributed by atoms with van der Waals surface area (Å²) in [5, 5.41) is 5.08. The molecule has 1 saturated carbocycles. The van der Waals surface area contributed by atoms with Gasteiger partial charge in [0.25, 0.3) is 0 Å². The number of halogens is 1. The van der Waals surface area contributed by atoms with E-state index in [0.29, 0.717) is 18.0 Å². The lowest BCUT2D eigenvalue weighted by molar-refractivity contribution is -0.118. The van der Waals surface area contributed by atoms with Crippen molar-refractivity contribution in [1.82, 2.24) is 0 Å². The Labute approximate surface area is 135 Å². The maximum Gasteiger partial charge on any atom is 0.241 e. The number of carbonyl (C=O) groups excluding carboxylic acids is 2. The molecule has 2 rings (SSSR count). The molecule has 23 heavy (non-hydrogen) atoms. The summed E-state index contributed by atoms with van der Waals surface area (Å²) in [5.74, 6) is -0.741. The minimum atomic E-state index is -0.651. The standard InChI is InChI=1S/C17H24FN3O2/c1-11(22)20-13-7-8-14(18)16(10-13)21-17(23)15(19)9-12-5-3-2-4-6-12/h7-8,10,12,15H,2-6,9,19H2,1H3,(H,20,22)(H,21,23). The van der Waals surface area contributed by atoms with Gasteiger partial charge in [0.15, 0.2) is 0 Å². The van der Waals surface area contributed by atoms with E-state index in [1.165, 1.54) is 44.4 Å². The second-order valence-corrected chi connectivity index (χ2v) is 6.21. The number of benzene rings is 1. The molecule has 126 valence electrons. The van der Waals surface area contributed by atoms with Crippen LogP contribution in [0.1, 0.15) is 45.4 Å². The summed E-state index contributed by atoms with van der Waals surface area (Å²) in [6.07, 6.45) is 6.46. The molecule has 0 aliphatic heterocycles. The monoisotopic (exact) mass is 321 g/mol. The quantitative estimate of drug-likeness (QED) is 0.779. The molecule has 0 saturated heterocycles. The van der Waals surface area contributed by atoms with Gasteiger partial charge in [-0.2, -0.15) is 0 Å². The average Bonchev–Trinajstić information content (AvgIpc) is 2.51. The maximum atomic E-state index is 13.8. The number of hydrogen-bond acceptors (Lipinski definition) is 3. The molecular weight excluding hydrogens is 297 g/mol. The Balaban J connectivity index is 1.96. The number of nitrogens with two attached hydrogens (primary N) is 1. The number of carbonyl (C=O) groups is 2. The van der Waals surface area contributed by atoms with Crippen LogP contribution in [-0.2, 0) is 9.59 Å². The van der Waals surface area contributed by atoms with Gasteiger partial charge in [0.05, 0.1) is 11.7 Å². The SMILES string of the molecule is CC(=O)Nc1ccc(F)c(NC(=O)C(N)CC2CCCCC2)c1. The minimum Gasteiger partial charge on any atom is -0.326 e. The fraction of sp³-hybridized carbons (Fsp3) is 0.529. The first-order valence-electron chi connectivity index (χ1n) is 8.09. The maximum absolute atomic E-state index is 13.8. The van der Waals surface area contributed by atoms with E-state index in [0.717, 1.165) is 12.8 Å². The number of rotatable bonds is 5. The molecule has 5 nitrogen and oxygen atoms in total. The molecule has 0 spiro atoms. The Hall–Kier alpha value is -1.95. The van der Waals surface area contributed by atoms with Gasteiger partial charge >= 0.3 is 0 Å². The topological polar surface area (TPSA) is 84.2 Å². The third-order valence-electron chi connectivity index (χ3n) is 4.19. The molecule has 0 bridgehead atoms. The van der Waals surface area contributed by atoms with Crippen LogP contribution in [0.15, 0.2) is 18.2 Å². The van der Waals surface area contributed by atoms with E-state index in [4.69, 9.17) is 5.73 Å². The molecule has 0 heterocycles. The lowest BCUT2D eigenvalue weighted by atomic mass is 9.85. The normalized spacial score (nSPS) is 16.7. The number of hydrogen-bond donors (Lipinski definition) is 3. The van der Waals surface area contributed by atoms with E-state index in [1.54, 1.807) is 0 Å². The second-order valence-electron chi connectivity index (χ2n) is 6.21. The molecule has 1 unspecified atom stereocenters. The zero-order chi connectivity index (χ0) is 16.8. The Kier molecular flexibility index (Phi) is 6.10. The van der Waals surface area contributed by atoms with Gasteiger partial charge in [0, 0.05) is 12.6 Å². The molecule has 4 N–H and O–H groups in total. The highest BCUT2D eigenvalue weighted by Gasteiger charge is 2.22. The van der Waals surface area contributed by atoms with Gasteiger partial charge in [0.1, 0.15) is 5.82 Å². The van der Waals surface area contributed by atoms with E-state index in [9.17, 15) is 14.0 Å². The summed E-state index contributed by atoms with van der Waals surface area (Å²) in [4.78, 5) is 23.2. The molecular formula is C17H24FN3O2. The van der Waals surface area contributed by atoms with Crippen molar-refractivity contribution in [2.75, 3.05) is 10.6 Å². The largest absolute Gasteiger partial charge is 0.326 e. The van der Waals surface area contributed by atoms with Crippen molar-refractivity contribution in [2.24, 2.45) is 11.7 Å². The molecule has 1 atom stereocenters. The van der Waals surface area contributed by atoms with Crippen molar-refractivity contribution in [3.05, 3.63) is 24.0 Å². The van der Waals surface area contributed by atoms with E-state index < -0.39 is 17.8 Å². The number of amides is 2. The Bertz CT molecular complexity index is 571. The molecule has 6 heteroatoms. The van der Waals surface area contributed by atoms with Crippen LogP contribution in [0, 0.1) is 11.7 Å². The van der Waals surface area contributed by atoms with Gasteiger partial charge in [0.2, 0.25) is 11.8 Å². The summed E-state index contributed by atoms with van der Waals surface area (Å²) in [7, 11) is 0. The molecule has 1 aliphatic rings. The molecule has 2 amide bonds. The van der Waals surface area contributed by atoms with E-state index in [1.807, 2.05) is 0 Å². The van der Waals surface area contributed by atoms with Crippen molar-refractivity contribution < 1.29 is 14.0 Å². The summed E-state index contributed by atoms with van der Waals surface area (Å²) in [6.45, 7) is 1.36. The predicted molar refractivity (Wildman–Crippen MR) is 88.5 cm³/mol. The highest BCUT2D eigenvalue weighted by atomic mass is 19.1. The Morgan fingerprint density at radius 1 is 1.26 bits per heavy atom. The van der Waals surface area contributed by atoms with E-state index in [-0.39, 0.29) is 11.6 Å². The lowest BCUT2D eigenvalue weighted by Crippen LogP contribution is -2.37. The smallest absolute Gasteiger partial charge is 0.241 e. The zero-order valence-corrected chi connectivity index (χ0v) is 13.4. The molecule has 1 aromatic carbocycles. The van der Waals surface area contributed by atoms with E-state index in [2.05, 4.69) is 10.6 Å². The number of nitrogens with one attached hydrogen (secondary N) is 2. The van der Waals surface area contributed by atoms with Crippen LogP contribution in [0.25, 0.3) is 0 Å². The molecule has 0 aromatic heterocycles. The molecule has 1 fully saturated rings. The van der Waals surface area contributed by atoms with Crippen LogP contribution < -0.4 is 16.4 Å². The fourth-order valence-corrected chi connectivity index (χ4v) is 3.02. The fourth-order valence-electron chi connectivity index (χ4n) is 3.02. The van der Waals surface area contributed by atoms with Gasteiger partial charge in [-0.3, -0.25) is 9.59 Å². The predicted octanol–water partition coefficient (Wildman–Crippen LogP) is 3.02. The van der Waals surface area contributed by atoms with Crippen LogP contribution in [0.2, 0.25) is 0 Å². The van der Waals surface area contributed by atoms with Crippen LogP contribution >= 0.6 is 0 Å². The molecule has 0 radical (unpaired) electrons. The highest BCUT2D eigenvalue weighted by molar-refractivity contribution is 5.96. The molecule has 1 aliphatic carbocycles. The van der Waals surface area contributed by atoms with Gasteiger partial charge in [-0.1, -0.05) is 32.1 Å². The van der Waals surface area contributed by atoms with Crippen molar-refractivity contribution in [2.45, 2.75) is 51.5 Å². The van der Waals surface area contributed by atoms with Crippen molar-refractivity contribution in [3.8, 4) is 0 Å². The first kappa shape index (κ1) is 17.4. The van der Waals surface area contributed by atoms with Crippen LogP contribution in [0.3, 0.4) is 0 Å². The summed E-state index contributed by atoms with van der Waals surface area (Å²) >= 11 is 0. The van der Waals surface area contributed by atoms with Crippen molar-refractivity contribution >= 4 is 23.2 Å². The third-order valence-corrected chi connectivity index (χ3v) is 4.19. The first-order valence-corrected chi connectivity index (χ1v) is 8.09. The Morgan fingerprint density at radius 2 is 1.96 bits per heavy atom. The third kappa shape index (κ3) is 5.32. The second kappa shape index (κ2) is 8.06. The first-order chi connectivity index (χ1) is 11.0. The van der Waals surface area contributed by atoms with Crippen molar-refractivity contribution in [3.63, 3.8) is 0 Å². The lowest BCUT2D eigenvalue weighted by Gasteiger charge is -2.24. The highest BCUT2D eigenvalue weighted by Crippen LogP contribution is 2.27. The summed E-state index contributed by atoms with van der Waals surface area (Å²) in [5.41, 5.74) is 6.41. The van der Waals surface area contributed by atoms with Crippen molar-refractivity contribution in [1.29, 1.82) is 0 Å². The average molecular weight is 321 g/mol. The van der Waals surface area contributed by atoms with Crippen LogP contribution in [-0.4, -0.2) is 17.9 Å². The van der Waals surface area contributed by atoms with Gasteiger partial charge < -0.3 is 16.4 Å².